The van der Waals surface area contributed by atoms with E-state index in [-0.39, 0.29) is 5.41 Å². The first kappa shape index (κ1) is 27.2. The fourth-order valence-corrected chi connectivity index (χ4v) is 8.25. The van der Waals surface area contributed by atoms with Gasteiger partial charge in [0.2, 0.25) is 0 Å². The summed E-state index contributed by atoms with van der Waals surface area (Å²) >= 11 is 0. The first-order chi connectivity index (χ1) is 23.5. The zero-order valence-corrected chi connectivity index (χ0v) is 26.9. The van der Waals surface area contributed by atoms with E-state index < -0.39 is 0 Å². The quantitative estimate of drug-likeness (QED) is 0.180. The third-order valence-electron chi connectivity index (χ3n) is 10.7. The number of para-hydroxylation sites is 1. The minimum absolute atomic E-state index is 0.0239. The summed E-state index contributed by atoms with van der Waals surface area (Å²) < 4.78 is 6.84. The SMILES string of the molecule is CC1(C)c2ccccc2-c2ccc(-c3cccc(-c4cccc(-c5cccc6c5Oc5cc7ccccc7c7cccc-6c57)c4)c3)cc21. The fourth-order valence-electron chi connectivity index (χ4n) is 8.25. The number of hydrogen-bond donors (Lipinski definition) is 0. The summed E-state index contributed by atoms with van der Waals surface area (Å²) in [5.74, 6) is 1.84. The number of fused-ring (bicyclic) bond motifs is 7. The van der Waals surface area contributed by atoms with Gasteiger partial charge in [0.05, 0.1) is 0 Å². The molecule has 0 saturated heterocycles. The fraction of sp³-hybridized carbons (Fsp3) is 0.0638. The van der Waals surface area contributed by atoms with Crippen LogP contribution >= 0.6 is 0 Å². The van der Waals surface area contributed by atoms with Crippen molar-refractivity contribution in [1.82, 2.24) is 0 Å². The van der Waals surface area contributed by atoms with Crippen LogP contribution in [0.15, 0.2) is 158 Å². The van der Waals surface area contributed by atoms with Crippen LogP contribution in [-0.2, 0) is 5.41 Å². The third-order valence-corrected chi connectivity index (χ3v) is 10.7. The minimum atomic E-state index is -0.0239. The molecule has 0 fully saturated rings. The van der Waals surface area contributed by atoms with Crippen molar-refractivity contribution in [3.8, 4) is 67.1 Å². The van der Waals surface area contributed by atoms with Gasteiger partial charge in [-0.1, -0.05) is 147 Å². The highest BCUT2D eigenvalue weighted by Crippen LogP contribution is 2.52. The van der Waals surface area contributed by atoms with Gasteiger partial charge in [-0.15, -0.1) is 0 Å². The average molecular weight is 613 g/mol. The molecular formula is C47H32O. The normalized spacial score (nSPS) is 13.5. The highest BCUT2D eigenvalue weighted by atomic mass is 16.5. The van der Waals surface area contributed by atoms with Crippen molar-refractivity contribution in [1.29, 1.82) is 0 Å². The van der Waals surface area contributed by atoms with E-state index in [9.17, 15) is 0 Å². The Bertz CT molecular complexity index is 2620. The largest absolute Gasteiger partial charge is 0.455 e. The summed E-state index contributed by atoms with van der Waals surface area (Å²) in [6.07, 6.45) is 0. The van der Waals surface area contributed by atoms with Crippen LogP contribution < -0.4 is 4.74 Å². The zero-order valence-electron chi connectivity index (χ0n) is 26.9. The molecule has 1 nitrogen and oxygen atoms in total. The maximum atomic E-state index is 6.84. The Morgan fingerprint density at radius 2 is 0.979 bits per heavy atom. The summed E-state index contributed by atoms with van der Waals surface area (Å²) in [6, 6.07) is 57.6. The molecule has 0 saturated carbocycles. The number of hydrogen-bond acceptors (Lipinski definition) is 1. The van der Waals surface area contributed by atoms with E-state index in [1.54, 1.807) is 0 Å². The molecule has 1 aliphatic carbocycles. The van der Waals surface area contributed by atoms with Gasteiger partial charge in [0.25, 0.3) is 0 Å². The summed E-state index contributed by atoms with van der Waals surface area (Å²) in [5.41, 5.74) is 14.9. The molecule has 0 radical (unpaired) electrons. The van der Waals surface area contributed by atoms with Gasteiger partial charge in [0.1, 0.15) is 11.5 Å². The maximum absolute atomic E-state index is 6.84. The second kappa shape index (κ2) is 10.0. The monoisotopic (exact) mass is 612 g/mol. The molecule has 0 unspecified atom stereocenters. The number of benzene rings is 8. The Balaban J connectivity index is 1.05. The highest BCUT2D eigenvalue weighted by Gasteiger charge is 2.35. The molecule has 2 aliphatic rings. The molecule has 0 amide bonds. The van der Waals surface area contributed by atoms with Crippen LogP contribution in [0.3, 0.4) is 0 Å². The van der Waals surface area contributed by atoms with Gasteiger partial charge in [0, 0.05) is 21.9 Å². The van der Waals surface area contributed by atoms with Crippen LogP contribution in [0.25, 0.3) is 77.2 Å². The molecule has 48 heavy (non-hydrogen) atoms. The maximum Gasteiger partial charge on any atom is 0.143 e. The third kappa shape index (κ3) is 3.91. The number of ether oxygens (including phenoxy) is 1. The Morgan fingerprint density at radius 1 is 0.396 bits per heavy atom. The summed E-state index contributed by atoms with van der Waals surface area (Å²) in [5, 5.41) is 4.86. The lowest BCUT2D eigenvalue weighted by Gasteiger charge is -2.24. The van der Waals surface area contributed by atoms with E-state index in [1.165, 1.54) is 71.6 Å². The van der Waals surface area contributed by atoms with Gasteiger partial charge in [-0.2, -0.15) is 0 Å². The van der Waals surface area contributed by atoms with Crippen LogP contribution in [0.4, 0.5) is 0 Å². The van der Waals surface area contributed by atoms with Crippen LogP contribution in [0, 0.1) is 0 Å². The Hall–Kier alpha value is -5.92. The van der Waals surface area contributed by atoms with Crippen LogP contribution in [0.5, 0.6) is 11.5 Å². The van der Waals surface area contributed by atoms with Crippen molar-refractivity contribution in [3.63, 3.8) is 0 Å². The van der Waals surface area contributed by atoms with Crippen LogP contribution in [0.1, 0.15) is 25.0 Å². The molecule has 0 atom stereocenters. The van der Waals surface area contributed by atoms with E-state index in [0.717, 1.165) is 28.2 Å². The lowest BCUT2D eigenvalue weighted by molar-refractivity contribution is 0.489. The minimum Gasteiger partial charge on any atom is -0.455 e. The van der Waals surface area contributed by atoms with Crippen LogP contribution in [-0.4, -0.2) is 0 Å². The predicted octanol–water partition coefficient (Wildman–Crippen LogP) is 13.1. The summed E-state index contributed by atoms with van der Waals surface area (Å²) in [6.45, 7) is 4.69. The van der Waals surface area contributed by atoms with Crippen molar-refractivity contribution in [2.24, 2.45) is 0 Å². The molecule has 8 aromatic rings. The Kier molecular flexibility index (Phi) is 5.69. The van der Waals surface area contributed by atoms with Crippen molar-refractivity contribution in [3.05, 3.63) is 169 Å². The predicted molar refractivity (Wildman–Crippen MR) is 201 cm³/mol. The zero-order chi connectivity index (χ0) is 32.0. The highest BCUT2D eigenvalue weighted by molar-refractivity contribution is 6.16. The second-order valence-corrected chi connectivity index (χ2v) is 13.7. The molecule has 0 N–H and O–H groups in total. The number of rotatable bonds is 3. The van der Waals surface area contributed by atoms with Gasteiger partial charge < -0.3 is 4.74 Å². The molecular weight excluding hydrogens is 581 g/mol. The Labute approximate surface area is 280 Å². The van der Waals surface area contributed by atoms with Crippen molar-refractivity contribution in [2.75, 3.05) is 0 Å². The molecule has 0 aromatic heterocycles. The molecule has 1 aliphatic heterocycles. The Morgan fingerprint density at radius 3 is 1.83 bits per heavy atom. The first-order valence-electron chi connectivity index (χ1n) is 16.8. The topological polar surface area (TPSA) is 9.23 Å². The smallest absolute Gasteiger partial charge is 0.143 e. The molecule has 10 rings (SSSR count). The van der Waals surface area contributed by atoms with Gasteiger partial charge in [-0.05, 0) is 96.1 Å². The van der Waals surface area contributed by atoms with E-state index in [2.05, 4.69) is 172 Å². The van der Waals surface area contributed by atoms with E-state index in [1.807, 2.05) is 0 Å². The lowest BCUT2D eigenvalue weighted by Crippen LogP contribution is -2.14. The molecule has 0 spiro atoms. The van der Waals surface area contributed by atoms with Gasteiger partial charge in [-0.3, -0.25) is 0 Å². The molecule has 8 aromatic carbocycles. The molecule has 1 heteroatoms. The lowest BCUT2D eigenvalue weighted by atomic mass is 9.81. The van der Waals surface area contributed by atoms with E-state index in [4.69, 9.17) is 4.74 Å². The van der Waals surface area contributed by atoms with E-state index in [0.29, 0.717) is 0 Å². The van der Waals surface area contributed by atoms with Gasteiger partial charge >= 0.3 is 0 Å². The van der Waals surface area contributed by atoms with Gasteiger partial charge in [0.15, 0.2) is 0 Å². The molecule has 1 heterocycles. The standard InChI is InChI=1S/C47H32O/c1-47(2)42-22-6-5-17-37(42)38-24-23-32(27-43(38)47)30-13-7-12-29(25-30)31-14-8-15-33(26-31)36-18-9-21-41-40-20-10-19-39-35-16-4-3-11-34(35)28-44(45(39)40)48-46(36)41/h3-28H,1-2H3. The van der Waals surface area contributed by atoms with E-state index >= 15 is 0 Å². The van der Waals surface area contributed by atoms with Crippen molar-refractivity contribution < 1.29 is 4.74 Å². The average Bonchev–Trinajstić information content (AvgIpc) is 3.37. The first-order valence-corrected chi connectivity index (χ1v) is 16.8. The summed E-state index contributed by atoms with van der Waals surface area (Å²) in [7, 11) is 0. The molecule has 226 valence electrons. The summed E-state index contributed by atoms with van der Waals surface area (Å²) in [4.78, 5) is 0. The van der Waals surface area contributed by atoms with Crippen molar-refractivity contribution >= 4 is 21.5 Å². The van der Waals surface area contributed by atoms with Gasteiger partial charge in [-0.25, -0.2) is 0 Å². The van der Waals surface area contributed by atoms with Crippen LogP contribution in [0.2, 0.25) is 0 Å². The molecule has 0 bridgehead atoms. The van der Waals surface area contributed by atoms with Crippen molar-refractivity contribution in [2.45, 2.75) is 19.3 Å². The second-order valence-electron chi connectivity index (χ2n) is 13.7.